The Labute approximate surface area is 159 Å². The molecule has 1 aliphatic carbocycles. The molecule has 138 valence electrons. The molecule has 26 heavy (non-hydrogen) atoms. The molecule has 2 heterocycles. The van der Waals surface area contributed by atoms with Crippen LogP contribution >= 0.6 is 11.3 Å². The summed E-state index contributed by atoms with van der Waals surface area (Å²) in [5.41, 5.74) is 2.33. The van der Waals surface area contributed by atoms with Crippen LogP contribution in [0.5, 0.6) is 0 Å². The Morgan fingerprint density at radius 3 is 2.50 bits per heavy atom. The lowest BCUT2D eigenvalue weighted by molar-refractivity contribution is -0.138. The highest BCUT2D eigenvalue weighted by molar-refractivity contribution is 7.13. The van der Waals surface area contributed by atoms with Crippen molar-refractivity contribution in [1.29, 1.82) is 0 Å². The first-order valence-corrected chi connectivity index (χ1v) is 10.7. The third kappa shape index (κ3) is 4.15. The number of benzene rings is 1. The van der Waals surface area contributed by atoms with Crippen LogP contribution in [0.4, 0.5) is 0 Å². The Kier molecular flexibility index (Phi) is 5.65. The minimum Gasteiger partial charge on any atom is -0.340 e. The van der Waals surface area contributed by atoms with Crippen LogP contribution in [0.2, 0.25) is 0 Å². The van der Waals surface area contributed by atoms with Crippen LogP contribution in [0.1, 0.15) is 37.8 Å². The maximum Gasteiger partial charge on any atom is 0.225 e. The third-order valence-electron chi connectivity index (χ3n) is 5.60. The van der Waals surface area contributed by atoms with Crippen molar-refractivity contribution >= 4 is 17.2 Å². The molecule has 1 aromatic carbocycles. The molecule has 0 radical (unpaired) electrons. The summed E-state index contributed by atoms with van der Waals surface area (Å²) in [4.78, 5) is 22.0. The predicted molar refractivity (Wildman–Crippen MR) is 106 cm³/mol. The molecule has 5 heteroatoms. The number of hydrogen-bond donors (Lipinski definition) is 0. The molecule has 0 N–H and O–H groups in total. The average molecular weight is 370 g/mol. The van der Waals surface area contributed by atoms with Crippen LogP contribution in [0, 0.1) is 5.92 Å². The number of nitrogens with zero attached hydrogens (tertiary/aromatic N) is 3. The van der Waals surface area contributed by atoms with Gasteiger partial charge >= 0.3 is 0 Å². The van der Waals surface area contributed by atoms with Crippen molar-refractivity contribution in [2.24, 2.45) is 5.92 Å². The van der Waals surface area contributed by atoms with E-state index < -0.39 is 0 Å². The van der Waals surface area contributed by atoms with Gasteiger partial charge in [0, 0.05) is 49.6 Å². The quantitative estimate of drug-likeness (QED) is 0.816. The zero-order chi connectivity index (χ0) is 17.8. The largest absolute Gasteiger partial charge is 0.340 e. The molecular formula is C21H27N3OS. The van der Waals surface area contributed by atoms with E-state index in [1.807, 2.05) is 6.07 Å². The minimum absolute atomic E-state index is 0.294. The lowest BCUT2D eigenvalue weighted by atomic mass is 9.88. The molecule has 0 bridgehead atoms. The fourth-order valence-corrected chi connectivity index (χ4v) is 4.87. The summed E-state index contributed by atoms with van der Waals surface area (Å²) in [6.45, 7) is 4.53. The van der Waals surface area contributed by atoms with E-state index in [9.17, 15) is 4.79 Å². The Balaban J connectivity index is 1.29. The summed E-state index contributed by atoms with van der Waals surface area (Å²) in [5, 5.41) is 3.26. The molecule has 2 fully saturated rings. The van der Waals surface area contributed by atoms with Gasteiger partial charge in [-0.1, -0.05) is 49.6 Å². The standard InChI is InChI=1S/C21H27N3OS/c25-21(18-9-5-2-6-10-18)24-13-11-23(12-14-24)15-19-16-26-20(22-19)17-7-3-1-4-8-17/h1,3-4,7-8,16,18H,2,5-6,9-15H2. The molecule has 4 rings (SSSR count). The van der Waals surface area contributed by atoms with Crippen molar-refractivity contribution in [2.45, 2.75) is 38.6 Å². The van der Waals surface area contributed by atoms with Gasteiger partial charge in [-0.2, -0.15) is 0 Å². The number of amides is 1. The molecule has 0 spiro atoms. The maximum absolute atomic E-state index is 12.7. The highest BCUT2D eigenvalue weighted by Gasteiger charge is 2.28. The monoisotopic (exact) mass is 369 g/mol. The van der Waals surface area contributed by atoms with Gasteiger partial charge in [0.2, 0.25) is 5.91 Å². The van der Waals surface area contributed by atoms with Crippen LogP contribution in [0.15, 0.2) is 35.7 Å². The molecule has 1 aromatic heterocycles. The van der Waals surface area contributed by atoms with Gasteiger partial charge in [-0.25, -0.2) is 4.98 Å². The average Bonchev–Trinajstić information content (AvgIpc) is 3.18. The van der Waals surface area contributed by atoms with Crippen LogP contribution in [-0.4, -0.2) is 46.9 Å². The molecule has 1 saturated carbocycles. The summed E-state index contributed by atoms with van der Waals surface area (Å²) >= 11 is 1.71. The summed E-state index contributed by atoms with van der Waals surface area (Å²) in [5.74, 6) is 0.701. The predicted octanol–water partition coefficient (Wildman–Crippen LogP) is 4.03. The number of piperazine rings is 1. The van der Waals surface area contributed by atoms with E-state index in [0.717, 1.165) is 56.3 Å². The van der Waals surface area contributed by atoms with Crippen molar-refractivity contribution in [1.82, 2.24) is 14.8 Å². The molecule has 0 atom stereocenters. The second-order valence-electron chi connectivity index (χ2n) is 7.45. The number of hydrogen-bond acceptors (Lipinski definition) is 4. The highest BCUT2D eigenvalue weighted by Crippen LogP contribution is 2.26. The van der Waals surface area contributed by atoms with Gasteiger partial charge in [0.15, 0.2) is 0 Å². The normalized spacial score (nSPS) is 19.6. The smallest absolute Gasteiger partial charge is 0.225 e. The zero-order valence-electron chi connectivity index (χ0n) is 15.3. The van der Waals surface area contributed by atoms with Crippen molar-refractivity contribution in [3.8, 4) is 10.6 Å². The van der Waals surface area contributed by atoms with E-state index in [0.29, 0.717) is 11.8 Å². The molecule has 1 aliphatic heterocycles. The summed E-state index contributed by atoms with van der Waals surface area (Å²) in [6.07, 6.45) is 5.95. The number of carbonyl (C=O) groups is 1. The SMILES string of the molecule is O=C(C1CCCCC1)N1CCN(Cc2csc(-c3ccccc3)n2)CC1. The van der Waals surface area contributed by atoms with Crippen LogP contribution < -0.4 is 0 Å². The lowest BCUT2D eigenvalue weighted by Crippen LogP contribution is -2.50. The summed E-state index contributed by atoms with van der Waals surface area (Å²) < 4.78 is 0. The van der Waals surface area contributed by atoms with Gasteiger partial charge < -0.3 is 4.90 Å². The van der Waals surface area contributed by atoms with E-state index in [2.05, 4.69) is 39.4 Å². The highest BCUT2D eigenvalue weighted by atomic mass is 32.1. The Bertz CT molecular complexity index is 716. The van der Waals surface area contributed by atoms with Crippen LogP contribution in [0.25, 0.3) is 10.6 Å². The van der Waals surface area contributed by atoms with E-state index in [1.54, 1.807) is 11.3 Å². The van der Waals surface area contributed by atoms with Gasteiger partial charge in [0.05, 0.1) is 5.69 Å². The first kappa shape index (κ1) is 17.7. The minimum atomic E-state index is 0.294. The number of thiazole rings is 1. The summed E-state index contributed by atoms with van der Waals surface area (Å²) in [7, 11) is 0. The van der Waals surface area contributed by atoms with E-state index in [1.165, 1.54) is 24.8 Å². The fourth-order valence-electron chi connectivity index (χ4n) is 4.06. The first-order chi connectivity index (χ1) is 12.8. The molecule has 4 nitrogen and oxygen atoms in total. The van der Waals surface area contributed by atoms with Crippen molar-refractivity contribution in [3.05, 3.63) is 41.4 Å². The van der Waals surface area contributed by atoms with Crippen LogP contribution in [0.3, 0.4) is 0 Å². The Hall–Kier alpha value is -1.72. The van der Waals surface area contributed by atoms with Gasteiger partial charge in [-0.05, 0) is 12.8 Å². The molecule has 2 aliphatic rings. The third-order valence-corrected chi connectivity index (χ3v) is 6.54. The second kappa shape index (κ2) is 8.31. The topological polar surface area (TPSA) is 36.4 Å². The second-order valence-corrected chi connectivity index (χ2v) is 8.30. The van der Waals surface area contributed by atoms with E-state index >= 15 is 0 Å². The maximum atomic E-state index is 12.7. The van der Waals surface area contributed by atoms with E-state index in [4.69, 9.17) is 4.98 Å². The van der Waals surface area contributed by atoms with Crippen molar-refractivity contribution in [2.75, 3.05) is 26.2 Å². The van der Waals surface area contributed by atoms with Crippen LogP contribution in [-0.2, 0) is 11.3 Å². The molecule has 1 saturated heterocycles. The van der Waals surface area contributed by atoms with E-state index in [-0.39, 0.29) is 0 Å². The molecular weight excluding hydrogens is 342 g/mol. The molecule has 2 aromatic rings. The number of aromatic nitrogens is 1. The van der Waals surface area contributed by atoms with Gasteiger partial charge in [0.25, 0.3) is 0 Å². The molecule has 1 amide bonds. The zero-order valence-corrected chi connectivity index (χ0v) is 16.1. The van der Waals surface area contributed by atoms with Gasteiger partial charge in [-0.15, -0.1) is 11.3 Å². The van der Waals surface area contributed by atoms with Crippen molar-refractivity contribution in [3.63, 3.8) is 0 Å². The number of carbonyl (C=O) groups excluding carboxylic acids is 1. The van der Waals surface area contributed by atoms with Gasteiger partial charge in [0.1, 0.15) is 5.01 Å². The summed E-state index contributed by atoms with van der Waals surface area (Å²) in [6, 6.07) is 10.4. The fraction of sp³-hybridized carbons (Fsp3) is 0.524. The molecule has 0 unspecified atom stereocenters. The van der Waals surface area contributed by atoms with Gasteiger partial charge in [-0.3, -0.25) is 9.69 Å². The lowest BCUT2D eigenvalue weighted by Gasteiger charge is -2.36. The first-order valence-electron chi connectivity index (χ1n) is 9.80. The number of rotatable bonds is 4. The Morgan fingerprint density at radius 1 is 1.04 bits per heavy atom. The van der Waals surface area contributed by atoms with Crippen molar-refractivity contribution < 1.29 is 4.79 Å². The Morgan fingerprint density at radius 2 is 1.77 bits per heavy atom.